The number of sulfone groups is 1. The second-order valence-electron chi connectivity index (χ2n) is 7.11. The topological polar surface area (TPSA) is 70.6 Å². The van der Waals surface area contributed by atoms with Gasteiger partial charge in [0, 0.05) is 26.4 Å². The predicted molar refractivity (Wildman–Crippen MR) is 103 cm³/mol. The van der Waals surface area contributed by atoms with Crippen LogP contribution < -0.4 is 10.6 Å². The van der Waals surface area contributed by atoms with Gasteiger partial charge in [0.2, 0.25) is 0 Å². The minimum absolute atomic E-state index is 0.175. The molecule has 0 amide bonds. The van der Waals surface area contributed by atoms with E-state index in [0.29, 0.717) is 18.9 Å². The van der Waals surface area contributed by atoms with Gasteiger partial charge in [-0.15, -0.1) is 0 Å². The van der Waals surface area contributed by atoms with Gasteiger partial charge >= 0.3 is 0 Å². The van der Waals surface area contributed by atoms with Crippen molar-refractivity contribution >= 4 is 15.8 Å². The van der Waals surface area contributed by atoms with Crippen LogP contribution in [0.5, 0.6) is 0 Å². The highest BCUT2D eigenvalue weighted by molar-refractivity contribution is 7.90. The Labute approximate surface area is 146 Å². The summed E-state index contributed by atoms with van der Waals surface area (Å²) in [6, 6.07) is 8.72. The Hall–Kier alpha value is -1.56. The molecule has 2 N–H and O–H groups in total. The molecule has 0 saturated heterocycles. The molecule has 0 unspecified atom stereocenters. The SMILES string of the molecule is CN=C(NCCCS(C)(=O)=O)NCCc1ccc(C(C)(C)C)cc1. The van der Waals surface area contributed by atoms with Crippen molar-refractivity contribution in [2.75, 3.05) is 32.1 Å². The first-order valence-corrected chi connectivity index (χ1v) is 10.4. The molecule has 5 nitrogen and oxygen atoms in total. The fraction of sp³-hybridized carbons (Fsp3) is 0.611. The molecule has 0 aromatic heterocycles. The Kier molecular flexibility index (Phi) is 7.73. The van der Waals surface area contributed by atoms with Gasteiger partial charge in [0.15, 0.2) is 5.96 Å². The summed E-state index contributed by atoms with van der Waals surface area (Å²) in [4.78, 5) is 4.14. The highest BCUT2D eigenvalue weighted by Crippen LogP contribution is 2.22. The van der Waals surface area contributed by atoms with Gasteiger partial charge in [0.1, 0.15) is 9.84 Å². The maximum Gasteiger partial charge on any atom is 0.190 e. The largest absolute Gasteiger partial charge is 0.356 e. The van der Waals surface area contributed by atoms with Crippen molar-refractivity contribution in [2.24, 2.45) is 4.99 Å². The maximum atomic E-state index is 11.1. The van der Waals surface area contributed by atoms with Crippen molar-refractivity contribution in [1.29, 1.82) is 0 Å². The molecule has 0 radical (unpaired) electrons. The first kappa shape index (κ1) is 20.5. The third-order valence-corrected chi connectivity index (χ3v) is 4.76. The highest BCUT2D eigenvalue weighted by Gasteiger charge is 2.12. The quantitative estimate of drug-likeness (QED) is 0.447. The van der Waals surface area contributed by atoms with E-state index >= 15 is 0 Å². The van der Waals surface area contributed by atoms with Gasteiger partial charge < -0.3 is 10.6 Å². The standard InChI is InChI=1S/C18H31N3O2S/c1-18(2,3)16-9-7-15(8-10-16)11-13-21-17(19-4)20-12-6-14-24(5,22)23/h7-10H,6,11-14H2,1-5H3,(H2,19,20,21). The van der Waals surface area contributed by atoms with Crippen molar-refractivity contribution < 1.29 is 8.42 Å². The molecule has 24 heavy (non-hydrogen) atoms. The number of guanidine groups is 1. The average Bonchev–Trinajstić information content (AvgIpc) is 2.48. The van der Waals surface area contributed by atoms with E-state index < -0.39 is 9.84 Å². The van der Waals surface area contributed by atoms with Crippen LogP contribution in [0.1, 0.15) is 38.3 Å². The molecule has 0 atom stereocenters. The Morgan fingerprint density at radius 1 is 1.08 bits per heavy atom. The minimum Gasteiger partial charge on any atom is -0.356 e. The maximum absolute atomic E-state index is 11.1. The predicted octanol–water partition coefficient (Wildman–Crippen LogP) is 2.13. The molecule has 0 aliphatic rings. The van der Waals surface area contributed by atoms with Gasteiger partial charge in [0.05, 0.1) is 5.75 Å². The van der Waals surface area contributed by atoms with Crippen molar-refractivity contribution in [3.8, 4) is 0 Å². The number of rotatable bonds is 7. The lowest BCUT2D eigenvalue weighted by molar-refractivity contribution is 0.590. The van der Waals surface area contributed by atoms with Crippen molar-refractivity contribution in [2.45, 2.75) is 39.0 Å². The average molecular weight is 354 g/mol. The smallest absolute Gasteiger partial charge is 0.190 e. The van der Waals surface area contributed by atoms with Crippen molar-refractivity contribution in [1.82, 2.24) is 10.6 Å². The molecule has 0 saturated carbocycles. The molecule has 0 fully saturated rings. The van der Waals surface area contributed by atoms with Crippen LogP contribution in [0.4, 0.5) is 0 Å². The summed E-state index contributed by atoms with van der Waals surface area (Å²) in [6.07, 6.45) is 2.74. The van der Waals surface area contributed by atoms with Crippen LogP contribution in [0.15, 0.2) is 29.3 Å². The van der Waals surface area contributed by atoms with E-state index in [1.54, 1.807) is 7.05 Å². The van der Waals surface area contributed by atoms with Crippen LogP contribution in [-0.4, -0.2) is 46.5 Å². The summed E-state index contributed by atoms with van der Waals surface area (Å²) in [6.45, 7) is 8.00. The summed E-state index contributed by atoms with van der Waals surface area (Å²) in [5.41, 5.74) is 2.79. The number of nitrogens with zero attached hydrogens (tertiary/aromatic N) is 1. The highest BCUT2D eigenvalue weighted by atomic mass is 32.2. The lowest BCUT2D eigenvalue weighted by atomic mass is 9.86. The van der Waals surface area contributed by atoms with Crippen molar-refractivity contribution in [3.05, 3.63) is 35.4 Å². The summed E-state index contributed by atoms with van der Waals surface area (Å²) in [5.74, 6) is 0.895. The Morgan fingerprint density at radius 3 is 2.17 bits per heavy atom. The monoisotopic (exact) mass is 353 g/mol. The molecule has 1 aromatic rings. The lowest BCUT2D eigenvalue weighted by Crippen LogP contribution is -2.39. The van der Waals surface area contributed by atoms with Crippen LogP contribution in [0, 0.1) is 0 Å². The van der Waals surface area contributed by atoms with Crippen LogP contribution in [0.2, 0.25) is 0 Å². The Balaban J connectivity index is 2.34. The number of nitrogens with one attached hydrogen (secondary N) is 2. The van der Waals surface area contributed by atoms with Crippen molar-refractivity contribution in [3.63, 3.8) is 0 Å². The van der Waals surface area contributed by atoms with Gasteiger partial charge in [-0.1, -0.05) is 45.0 Å². The van der Waals surface area contributed by atoms with Gasteiger partial charge in [-0.05, 0) is 29.4 Å². The van der Waals surface area contributed by atoms with E-state index in [9.17, 15) is 8.42 Å². The third kappa shape index (κ3) is 8.34. The molecule has 0 heterocycles. The van der Waals surface area contributed by atoms with Gasteiger partial charge in [-0.3, -0.25) is 4.99 Å². The van der Waals surface area contributed by atoms with Gasteiger partial charge in [0.25, 0.3) is 0 Å². The molecular formula is C18H31N3O2S. The molecule has 0 aliphatic heterocycles. The molecule has 136 valence electrons. The minimum atomic E-state index is -2.90. The zero-order valence-corrected chi connectivity index (χ0v) is 16.3. The van der Waals surface area contributed by atoms with Crippen LogP contribution in [0.3, 0.4) is 0 Å². The van der Waals surface area contributed by atoms with E-state index in [-0.39, 0.29) is 11.2 Å². The van der Waals surface area contributed by atoms with E-state index in [1.807, 2.05) is 0 Å². The zero-order chi connectivity index (χ0) is 18.2. The molecule has 0 aliphatic carbocycles. The molecule has 1 aromatic carbocycles. The number of benzene rings is 1. The summed E-state index contributed by atoms with van der Waals surface area (Å²) in [5, 5.41) is 6.38. The number of hydrogen-bond acceptors (Lipinski definition) is 3. The lowest BCUT2D eigenvalue weighted by Gasteiger charge is -2.19. The zero-order valence-electron chi connectivity index (χ0n) is 15.5. The molecule has 6 heteroatoms. The fourth-order valence-electron chi connectivity index (χ4n) is 2.26. The van der Waals surface area contributed by atoms with E-state index in [2.05, 4.69) is 60.7 Å². The van der Waals surface area contributed by atoms with Crippen LogP contribution in [0.25, 0.3) is 0 Å². The fourth-order valence-corrected chi connectivity index (χ4v) is 2.93. The van der Waals surface area contributed by atoms with E-state index in [0.717, 1.165) is 13.0 Å². The van der Waals surface area contributed by atoms with E-state index in [4.69, 9.17) is 0 Å². The first-order valence-electron chi connectivity index (χ1n) is 8.33. The first-order chi connectivity index (χ1) is 11.1. The molecule has 0 bridgehead atoms. The number of aliphatic imine (C=N–C) groups is 1. The normalized spacial score (nSPS) is 13.0. The van der Waals surface area contributed by atoms with Gasteiger partial charge in [-0.2, -0.15) is 0 Å². The summed E-state index contributed by atoms with van der Waals surface area (Å²) >= 11 is 0. The molecule has 0 spiro atoms. The molecule has 1 rings (SSSR count). The number of hydrogen-bond donors (Lipinski definition) is 2. The summed E-state index contributed by atoms with van der Waals surface area (Å²) < 4.78 is 22.2. The van der Waals surface area contributed by atoms with Crippen LogP contribution in [-0.2, 0) is 21.7 Å². The second kappa shape index (κ2) is 9.06. The molecular weight excluding hydrogens is 322 g/mol. The van der Waals surface area contributed by atoms with Gasteiger partial charge in [-0.25, -0.2) is 8.42 Å². The second-order valence-corrected chi connectivity index (χ2v) is 9.37. The summed E-state index contributed by atoms with van der Waals surface area (Å²) in [7, 11) is -1.18. The van der Waals surface area contributed by atoms with Crippen LogP contribution >= 0.6 is 0 Å². The van der Waals surface area contributed by atoms with E-state index in [1.165, 1.54) is 17.4 Å². The third-order valence-electron chi connectivity index (χ3n) is 3.73. The Morgan fingerprint density at radius 2 is 1.67 bits per heavy atom. The Bertz CT molecular complexity index is 629.